The number of hydrogen-bond donors (Lipinski definition) is 5. The van der Waals surface area contributed by atoms with Crippen LogP contribution in [0.25, 0.3) is 0 Å². The van der Waals surface area contributed by atoms with Gasteiger partial charge in [0.05, 0.1) is 47.6 Å². The SMILES string of the molecule is CC[C@H]1OC(=O)[C@H](C)[C@@H](O[C@H]2C[C@@](C)(OC)[C@@H](O)[C@H](C)O2)[C@H](C)[C@@H](O[C@@H]2O[C@H](C)C[C@H](N(C)CCCCN(C)C(=O)CC#N)[C@H]2O)[C@](C)(O)C[C@@H](C)CN(C)[C@H](C)[C@@H](O)[C@]1(C)O. The highest BCUT2D eigenvalue weighted by Crippen LogP contribution is 2.40. The first-order valence-corrected chi connectivity index (χ1v) is 22.6. The van der Waals surface area contributed by atoms with Gasteiger partial charge >= 0.3 is 5.97 Å². The zero-order chi connectivity index (χ0) is 47.1. The molecule has 1 amide bonds. The largest absolute Gasteiger partial charge is 0.459 e. The fourth-order valence-electron chi connectivity index (χ4n) is 9.86. The van der Waals surface area contributed by atoms with Crippen molar-refractivity contribution < 1.29 is 63.5 Å². The summed E-state index contributed by atoms with van der Waals surface area (Å²) >= 11 is 0. The molecule has 62 heavy (non-hydrogen) atoms. The van der Waals surface area contributed by atoms with Crippen LogP contribution >= 0.6 is 0 Å². The fraction of sp³-hybridized carbons (Fsp3) is 0.933. The molecular formula is C45H82N4O13. The van der Waals surface area contributed by atoms with Crippen LogP contribution in [-0.2, 0) is 38.0 Å². The summed E-state index contributed by atoms with van der Waals surface area (Å²) in [4.78, 5) is 32.0. The maximum absolute atomic E-state index is 14.4. The Hall–Kier alpha value is -2.05. The van der Waals surface area contributed by atoms with Gasteiger partial charge in [-0.05, 0) is 107 Å². The van der Waals surface area contributed by atoms with E-state index in [1.807, 2.05) is 38.9 Å². The summed E-state index contributed by atoms with van der Waals surface area (Å²) in [6.45, 7) is 19.0. The van der Waals surface area contributed by atoms with Gasteiger partial charge in [-0.3, -0.25) is 9.59 Å². The summed E-state index contributed by atoms with van der Waals surface area (Å²) in [6, 6.07) is 0.930. The molecule has 0 unspecified atom stereocenters. The van der Waals surface area contributed by atoms with E-state index in [-0.39, 0.29) is 49.7 Å². The standard InChI is InChI=1S/C45H82N4O13/c1-15-33-45(10,56)38(52)30(6)49(13)25-26(2)23-43(8,55)40(28(4)37(29(5)41(54)60-33)61-35-24-44(9,57-14)39(53)31(7)59-35)62-42-36(51)32(22-27(3)58-42)47(11)20-16-17-21-48(12)34(50)18-19-46/h26-33,35-40,42,51-53,55-56H,15-18,20-25H2,1-14H3/t26-,27-,28+,29-,30-,31+,32+,33-,35+,36-,37+,38-,39+,40-,42+,43-,44-,45-/m1/s1. The molecule has 3 saturated heterocycles. The molecule has 3 aliphatic heterocycles. The van der Waals surface area contributed by atoms with Gasteiger partial charge in [0.15, 0.2) is 12.6 Å². The van der Waals surface area contributed by atoms with Crippen LogP contribution in [-0.4, -0.2) is 190 Å². The number of carbonyl (C=O) groups is 2. The number of cyclic esters (lactones) is 1. The van der Waals surface area contributed by atoms with Crippen LogP contribution in [0.2, 0.25) is 0 Å². The van der Waals surface area contributed by atoms with Crippen LogP contribution in [0.3, 0.4) is 0 Å². The molecule has 0 aromatic heterocycles. The van der Waals surface area contributed by atoms with Crippen LogP contribution in [0.5, 0.6) is 0 Å². The first-order chi connectivity index (χ1) is 28.8. The van der Waals surface area contributed by atoms with Gasteiger partial charge < -0.3 is 68.7 Å². The van der Waals surface area contributed by atoms with Crippen molar-refractivity contribution in [1.29, 1.82) is 5.26 Å². The topological polar surface area (TPSA) is 224 Å². The Morgan fingerprint density at radius 2 is 1.60 bits per heavy atom. The van der Waals surface area contributed by atoms with E-state index in [1.54, 1.807) is 60.4 Å². The number of aliphatic hydroxyl groups excluding tert-OH is 3. The maximum atomic E-state index is 14.4. The third kappa shape index (κ3) is 13.3. The van der Waals surface area contributed by atoms with Gasteiger partial charge in [-0.25, -0.2) is 0 Å². The number of unbranched alkanes of at least 4 members (excludes halogenated alkanes) is 1. The Morgan fingerprint density at radius 3 is 2.19 bits per heavy atom. The van der Waals surface area contributed by atoms with Gasteiger partial charge in [-0.15, -0.1) is 0 Å². The molecule has 17 heteroatoms. The predicted molar refractivity (Wildman–Crippen MR) is 230 cm³/mol. The molecule has 0 spiro atoms. The van der Waals surface area contributed by atoms with Crippen LogP contribution in [0.15, 0.2) is 0 Å². The molecule has 18 atom stereocenters. The molecule has 360 valence electrons. The predicted octanol–water partition coefficient (Wildman–Crippen LogP) is 2.42. The Morgan fingerprint density at radius 1 is 0.968 bits per heavy atom. The third-order valence-electron chi connectivity index (χ3n) is 14.0. The summed E-state index contributed by atoms with van der Waals surface area (Å²) in [7, 11) is 6.92. The Kier molecular flexibility index (Phi) is 20.1. The second-order valence-corrected chi connectivity index (χ2v) is 19.5. The number of methoxy groups -OCH3 is 1. The van der Waals surface area contributed by atoms with E-state index in [9.17, 15) is 35.1 Å². The van der Waals surface area contributed by atoms with Crippen LogP contribution in [0.4, 0.5) is 0 Å². The molecule has 5 N–H and O–H groups in total. The lowest BCUT2D eigenvalue weighted by atomic mass is 9.77. The number of rotatable bonds is 13. The summed E-state index contributed by atoms with van der Waals surface area (Å²) in [6.07, 6.45) is -7.70. The normalized spacial score (nSPS) is 43.3. The summed E-state index contributed by atoms with van der Waals surface area (Å²) in [5.41, 5.74) is -4.51. The maximum Gasteiger partial charge on any atom is 0.311 e. The Bertz CT molecular complexity index is 1470. The number of ether oxygens (including phenoxy) is 6. The quantitative estimate of drug-likeness (QED) is 0.132. The Labute approximate surface area is 370 Å². The number of aliphatic hydroxyl groups is 5. The highest BCUT2D eigenvalue weighted by molar-refractivity contribution is 5.77. The van der Waals surface area contributed by atoms with E-state index >= 15 is 0 Å². The second kappa shape index (κ2) is 22.9. The highest BCUT2D eigenvalue weighted by Gasteiger charge is 2.53. The number of likely N-dealkylation sites (N-methyl/N-ethyl adjacent to an activating group) is 2. The number of nitrogens with zero attached hydrogens (tertiary/aromatic N) is 4. The molecule has 3 heterocycles. The van der Waals surface area contributed by atoms with Crippen molar-refractivity contribution >= 4 is 11.9 Å². The zero-order valence-electron chi connectivity index (χ0n) is 40.0. The molecule has 3 aliphatic rings. The first kappa shape index (κ1) is 54.3. The minimum absolute atomic E-state index is 0.101. The number of amides is 1. The number of hydrogen-bond acceptors (Lipinski definition) is 16. The van der Waals surface area contributed by atoms with E-state index in [0.717, 1.165) is 6.42 Å². The number of nitriles is 1. The smallest absolute Gasteiger partial charge is 0.311 e. The van der Waals surface area contributed by atoms with E-state index in [4.69, 9.17) is 33.7 Å². The molecule has 0 bridgehead atoms. The van der Waals surface area contributed by atoms with E-state index in [0.29, 0.717) is 32.5 Å². The van der Waals surface area contributed by atoms with E-state index in [1.165, 1.54) is 14.0 Å². The zero-order valence-corrected chi connectivity index (χ0v) is 40.0. The average molecular weight is 887 g/mol. The number of carbonyl (C=O) groups excluding carboxylic acids is 2. The van der Waals surface area contributed by atoms with Crippen molar-refractivity contribution in [2.75, 3.05) is 47.9 Å². The number of esters is 1. The van der Waals surface area contributed by atoms with Gasteiger partial charge in [0.1, 0.15) is 36.4 Å². The third-order valence-corrected chi connectivity index (χ3v) is 14.0. The van der Waals surface area contributed by atoms with Crippen molar-refractivity contribution in [3.05, 3.63) is 0 Å². The molecule has 0 aromatic rings. The van der Waals surface area contributed by atoms with Crippen molar-refractivity contribution in [2.45, 2.75) is 204 Å². The summed E-state index contributed by atoms with van der Waals surface area (Å²) in [5.74, 6) is -3.00. The first-order valence-electron chi connectivity index (χ1n) is 22.6. The van der Waals surface area contributed by atoms with Crippen molar-refractivity contribution in [3.8, 4) is 6.07 Å². The molecular weight excluding hydrogens is 805 g/mol. The van der Waals surface area contributed by atoms with Crippen molar-refractivity contribution in [2.24, 2.45) is 17.8 Å². The second-order valence-electron chi connectivity index (χ2n) is 19.5. The van der Waals surface area contributed by atoms with Gasteiger partial charge in [0.2, 0.25) is 5.91 Å². The van der Waals surface area contributed by atoms with Gasteiger partial charge in [0.25, 0.3) is 0 Å². The van der Waals surface area contributed by atoms with E-state index in [2.05, 4.69) is 4.90 Å². The van der Waals surface area contributed by atoms with Crippen LogP contribution < -0.4 is 0 Å². The lowest BCUT2D eigenvalue weighted by Crippen LogP contribution is -2.60. The van der Waals surface area contributed by atoms with Crippen LogP contribution in [0, 0.1) is 29.1 Å². The average Bonchev–Trinajstić information content (AvgIpc) is 3.20. The molecule has 0 radical (unpaired) electrons. The van der Waals surface area contributed by atoms with E-state index < -0.39 is 96.0 Å². The van der Waals surface area contributed by atoms with Gasteiger partial charge in [0, 0.05) is 51.7 Å². The summed E-state index contributed by atoms with van der Waals surface area (Å²) in [5, 5.41) is 68.0. The molecule has 0 aliphatic carbocycles. The van der Waals surface area contributed by atoms with Crippen molar-refractivity contribution in [1.82, 2.24) is 14.7 Å². The molecule has 3 fully saturated rings. The summed E-state index contributed by atoms with van der Waals surface area (Å²) < 4.78 is 38.0. The minimum Gasteiger partial charge on any atom is -0.459 e. The van der Waals surface area contributed by atoms with Crippen molar-refractivity contribution in [3.63, 3.8) is 0 Å². The molecule has 0 aromatic carbocycles. The minimum atomic E-state index is -1.83. The fourth-order valence-corrected chi connectivity index (χ4v) is 9.86. The molecule has 0 saturated carbocycles. The Balaban J connectivity index is 2.07. The monoisotopic (exact) mass is 887 g/mol. The van der Waals surface area contributed by atoms with Gasteiger partial charge in [-0.2, -0.15) is 5.26 Å². The van der Waals surface area contributed by atoms with Gasteiger partial charge in [-0.1, -0.05) is 20.8 Å². The molecule has 3 rings (SSSR count). The molecule has 17 nitrogen and oxygen atoms in total. The van der Waals surface area contributed by atoms with Crippen LogP contribution in [0.1, 0.15) is 114 Å². The highest BCUT2D eigenvalue weighted by atomic mass is 16.7. The lowest BCUT2D eigenvalue weighted by molar-refractivity contribution is -0.318. The lowest BCUT2D eigenvalue weighted by Gasteiger charge is -2.49.